The van der Waals surface area contributed by atoms with Crippen molar-refractivity contribution in [3.8, 4) is 0 Å². The summed E-state index contributed by atoms with van der Waals surface area (Å²) in [6, 6.07) is 17.8. The molecule has 1 atom stereocenters. The Morgan fingerprint density at radius 3 is 2.52 bits per heavy atom. The quantitative estimate of drug-likeness (QED) is 0.636. The maximum Gasteiger partial charge on any atom is 0.193 e. The maximum absolute atomic E-state index is 6.43. The van der Waals surface area contributed by atoms with E-state index < -0.39 is 0 Å². The SMILES string of the molecule is NC(=NCC(c1ccccc1Cl)N1CCOCC1)Nc1ccccc1. The van der Waals surface area contributed by atoms with Gasteiger partial charge in [0.25, 0.3) is 0 Å². The Hall–Kier alpha value is -2.08. The van der Waals surface area contributed by atoms with Gasteiger partial charge in [0.15, 0.2) is 5.96 Å². The molecule has 2 aromatic rings. The van der Waals surface area contributed by atoms with E-state index in [9.17, 15) is 0 Å². The Kier molecular flexibility index (Phi) is 6.28. The molecule has 0 saturated carbocycles. The van der Waals surface area contributed by atoms with Gasteiger partial charge in [0.1, 0.15) is 0 Å². The van der Waals surface area contributed by atoms with Gasteiger partial charge in [0, 0.05) is 23.8 Å². The molecular formula is C19H23ClN4O. The molecule has 2 aromatic carbocycles. The minimum Gasteiger partial charge on any atom is -0.379 e. The Balaban J connectivity index is 1.75. The van der Waals surface area contributed by atoms with Gasteiger partial charge in [-0.2, -0.15) is 0 Å². The molecule has 1 unspecified atom stereocenters. The number of guanidine groups is 1. The third kappa shape index (κ3) is 4.95. The van der Waals surface area contributed by atoms with E-state index in [1.807, 2.05) is 48.5 Å². The number of nitrogens with zero attached hydrogens (tertiary/aromatic N) is 2. The van der Waals surface area contributed by atoms with E-state index in [-0.39, 0.29) is 6.04 Å². The van der Waals surface area contributed by atoms with E-state index in [1.165, 1.54) is 0 Å². The summed E-state index contributed by atoms with van der Waals surface area (Å²) in [5.74, 6) is 0.400. The average molecular weight is 359 g/mol. The zero-order chi connectivity index (χ0) is 17.5. The lowest BCUT2D eigenvalue weighted by Crippen LogP contribution is -2.40. The Labute approximate surface area is 153 Å². The number of rotatable bonds is 5. The lowest BCUT2D eigenvalue weighted by molar-refractivity contribution is 0.0180. The normalized spacial score (nSPS) is 17.2. The lowest BCUT2D eigenvalue weighted by atomic mass is 10.0. The molecule has 132 valence electrons. The number of anilines is 1. The predicted octanol–water partition coefficient (Wildman–Crippen LogP) is 3.14. The first-order chi connectivity index (χ1) is 12.2. The van der Waals surface area contributed by atoms with Gasteiger partial charge < -0.3 is 15.8 Å². The molecular weight excluding hydrogens is 336 g/mol. The van der Waals surface area contributed by atoms with Gasteiger partial charge in [0.2, 0.25) is 0 Å². The summed E-state index contributed by atoms with van der Waals surface area (Å²) >= 11 is 6.43. The minimum atomic E-state index is 0.0775. The maximum atomic E-state index is 6.43. The summed E-state index contributed by atoms with van der Waals surface area (Å²) in [5, 5.41) is 3.87. The summed E-state index contributed by atoms with van der Waals surface area (Å²) in [7, 11) is 0. The van der Waals surface area contributed by atoms with Crippen LogP contribution in [0.5, 0.6) is 0 Å². The van der Waals surface area contributed by atoms with Gasteiger partial charge in [-0.15, -0.1) is 0 Å². The van der Waals surface area contributed by atoms with E-state index in [1.54, 1.807) is 0 Å². The topological polar surface area (TPSA) is 62.9 Å². The highest BCUT2D eigenvalue weighted by Gasteiger charge is 2.24. The van der Waals surface area contributed by atoms with Gasteiger partial charge in [-0.3, -0.25) is 9.89 Å². The number of para-hydroxylation sites is 1. The van der Waals surface area contributed by atoms with Crippen molar-refractivity contribution in [2.75, 3.05) is 38.2 Å². The highest BCUT2D eigenvalue weighted by molar-refractivity contribution is 6.31. The second-order valence-corrected chi connectivity index (χ2v) is 6.31. The van der Waals surface area contributed by atoms with Crippen LogP contribution in [0.25, 0.3) is 0 Å². The van der Waals surface area contributed by atoms with E-state index in [2.05, 4.69) is 21.3 Å². The first-order valence-electron chi connectivity index (χ1n) is 8.42. The molecule has 3 rings (SSSR count). The highest BCUT2D eigenvalue weighted by atomic mass is 35.5. The summed E-state index contributed by atoms with van der Waals surface area (Å²) in [6.07, 6.45) is 0. The second kappa shape index (κ2) is 8.85. The molecule has 0 amide bonds. The fourth-order valence-electron chi connectivity index (χ4n) is 2.94. The Bertz CT molecular complexity index is 702. The first-order valence-corrected chi connectivity index (χ1v) is 8.80. The van der Waals surface area contributed by atoms with Gasteiger partial charge >= 0.3 is 0 Å². The standard InChI is InChI=1S/C19H23ClN4O/c20-17-9-5-4-8-16(17)18(24-10-12-25-13-11-24)14-22-19(21)23-15-6-2-1-3-7-15/h1-9,18H,10-14H2,(H3,21,22,23). The average Bonchev–Trinajstić information content (AvgIpc) is 2.65. The van der Waals surface area contributed by atoms with Crippen molar-refractivity contribution in [2.24, 2.45) is 10.7 Å². The monoisotopic (exact) mass is 358 g/mol. The molecule has 0 spiro atoms. The summed E-state index contributed by atoms with van der Waals surface area (Å²) < 4.78 is 5.47. The molecule has 6 heteroatoms. The zero-order valence-electron chi connectivity index (χ0n) is 14.1. The van der Waals surface area contributed by atoms with Gasteiger partial charge in [0.05, 0.1) is 25.8 Å². The van der Waals surface area contributed by atoms with Crippen LogP contribution in [0.2, 0.25) is 5.02 Å². The smallest absolute Gasteiger partial charge is 0.193 e. The first kappa shape index (κ1) is 17.7. The number of hydrogen-bond donors (Lipinski definition) is 2. The fourth-order valence-corrected chi connectivity index (χ4v) is 3.20. The molecule has 1 aliphatic rings. The van der Waals surface area contributed by atoms with Crippen molar-refractivity contribution in [3.63, 3.8) is 0 Å². The van der Waals surface area contributed by atoms with Crippen LogP contribution < -0.4 is 11.1 Å². The van der Waals surface area contributed by atoms with Crippen LogP contribution in [0.1, 0.15) is 11.6 Å². The zero-order valence-corrected chi connectivity index (χ0v) is 14.8. The molecule has 3 N–H and O–H groups in total. The van der Waals surface area contributed by atoms with Crippen molar-refractivity contribution in [1.29, 1.82) is 0 Å². The largest absolute Gasteiger partial charge is 0.379 e. The molecule has 0 aliphatic carbocycles. The Morgan fingerprint density at radius 2 is 1.80 bits per heavy atom. The number of benzene rings is 2. The van der Waals surface area contributed by atoms with Crippen LogP contribution in [-0.4, -0.2) is 43.7 Å². The van der Waals surface area contributed by atoms with Crippen molar-refractivity contribution >= 4 is 23.2 Å². The Morgan fingerprint density at radius 1 is 1.12 bits per heavy atom. The molecule has 1 saturated heterocycles. The van der Waals surface area contributed by atoms with Crippen molar-refractivity contribution in [2.45, 2.75) is 6.04 Å². The number of aliphatic imine (C=N–C) groups is 1. The number of morpholine rings is 1. The van der Waals surface area contributed by atoms with Crippen LogP contribution in [0.3, 0.4) is 0 Å². The third-order valence-corrected chi connectivity index (χ3v) is 4.58. The molecule has 1 fully saturated rings. The summed E-state index contributed by atoms with van der Waals surface area (Å²) in [6.45, 7) is 3.70. The number of ether oxygens (including phenoxy) is 1. The van der Waals surface area contributed by atoms with Crippen LogP contribution >= 0.6 is 11.6 Å². The predicted molar refractivity (Wildman–Crippen MR) is 103 cm³/mol. The van der Waals surface area contributed by atoms with E-state index >= 15 is 0 Å². The third-order valence-electron chi connectivity index (χ3n) is 4.23. The van der Waals surface area contributed by atoms with Crippen LogP contribution in [-0.2, 0) is 4.74 Å². The van der Waals surface area contributed by atoms with Crippen LogP contribution in [0.4, 0.5) is 5.69 Å². The lowest BCUT2D eigenvalue weighted by Gasteiger charge is -2.34. The van der Waals surface area contributed by atoms with Crippen molar-refractivity contribution in [3.05, 3.63) is 65.2 Å². The molecule has 0 aromatic heterocycles. The number of nitrogens with one attached hydrogen (secondary N) is 1. The van der Waals surface area contributed by atoms with E-state index in [0.717, 1.165) is 42.6 Å². The molecule has 0 radical (unpaired) electrons. The number of nitrogens with two attached hydrogens (primary N) is 1. The van der Waals surface area contributed by atoms with E-state index in [0.29, 0.717) is 12.5 Å². The number of hydrogen-bond acceptors (Lipinski definition) is 3. The highest BCUT2D eigenvalue weighted by Crippen LogP contribution is 2.28. The molecule has 5 nitrogen and oxygen atoms in total. The van der Waals surface area contributed by atoms with Crippen molar-refractivity contribution < 1.29 is 4.74 Å². The van der Waals surface area contributed by atoms with Crippen molar-refractivity contribution in [1.82, 2.24) is 4.90 Å². The van der Waals surface area contributed by atoms with Gasteiger partial charge in [-0.05, 0) is 23.8 Å². The molecule has 1 aliphatic heterocycles. The summed E-state index contributed by atoms with van der Waals surface area (Å²) in [4.78, 5) is 6.91. The second-order valence-electron chi connectivity index (χ2n) is 5.90. The molecule has 0 bridgehead atoms. The minimum absolute atomic E-state index is 0.0775. The van der Waals surface area contributed by atoms with E-state index in [4.69, 9.17) is 22.1 Å². The number of halogens is 1. The molecule has 1 heterocycles. The van der Waals surface area contributed by atoms with Crippen LogP contribution in [0, 0.1) is 0 Å². The fraction of sp³-hybridized carbons (Fsp3) is 0.316. The van der Waals surface area contributed by atoms with Gasteiger partial charge in [-0.25, -0.2) is 0 Å². The van der Waals surface area contributed by atoms with Crippen LogP contribution in [0.15, 0.2) is 59.6 Å². The molecule has 25 heavy (non-hydrogen) atoms. The van der Waals surface area contributed by atoms with Gasteiger partial charge in [-0.1, -0.05) is 48.0 Å². The summed E-state index contributed by atoms with van der Waals surface area (Å²) in [5.41, 5.74) is 8.05.